The number of hydrazone groups is 1. The van der Waals surface area contributed by atoms with Crippen molar-refractivity contribution in [3.05, 3.63) is 89.7 Å². The summed E-state index contributed by atoms with van der Waals surface area (Å²) < 4.78 is 27.2. The van der Waals surface area contributed by atoms with Crippen LogP contribution in [0.4, 0.5) is 5.69 Å². The van der Waals surface area contributed by atoms with Crippen molar-refractivity contribution < 1.29 is 13.2 Å². The molecule has 0 saturated carbocycles. The number of carbonyl (C=O) groups is 1. The molecule has 0 bridgehead atoms. The van der Waals surface area contributed by atoms with Gasteiger partial charge in [0, 0.05) is 11.2 Å². The number of carbonyl (C=O) groups excluding carboxylic acids is 1. The molecule has 148 valence electrons. The van der Waals surface area contributed by atoms with Crippen LogP contribution in [0.25, 0.3) is 0 Å². The van der Waals surface area contributed by atoms with E-state index in [1.165, 1.54) is 24.4 Å². The average Bonchev–Trinajstić information content (AvgIpc) is 2.73. The third-order valence-corrected chi connectivity index (χ3v) is 5.81. The second kappa shape index (κ2) is 9.31. The predicted octanol–water partition coefficient (Wildman–Crippen LogP) is 3.08. The first-order valence-electron chi connectivity index (χ1n) is 8.53. The van der Waals surface area contributed by atoms with Crippen molar-refractivity contribution >= 4 is 39.4 Å². The molecular formula is C20H17ClN4O3S. The zero-order chi connectivity index (χ0) is 20.7. The molecule has 0 spiro atoms. The standard InChI is InChI=1S/C20H17ClN4O3S/c21-16-7-6-9-18(13-16)25(29(27,28)19-10-2-1-3-11-19)15-20(26)24-23-14-17-8-4-5-12-22-17/h1-14H,15H2,(H,24,26)/b23-14-. The molecule has 0 unspecified atom stereocenters. The van der Waals surface area contributed by atoms with Gasteiger partial charge in [0.1, 0.15) is 6.54 Å². The van der Waals surface area contributed by atoms with Gasteiger partial charge in [-0.1, -0.05) is 41.9 Å². The van der Waals surface area contributed by atoms with Crippen molar-refractivity contribution in [3.63, 3.8) is 0 Å². The number of rotatable bonds is 7. The maximum Gasteiger partial charge on any atom is 0.264 e. The van der Waals surface area contributed by atoms with Crippen LogP contribution in [-0.2, 0) is 14.8 Å². The lowest BCUT2D eigenvalue weighted by Crippen LogP contribution is -2.39. The van der Waals surface area contributed by atoms with Crippen LogP contribution in [0.2, 0.25) is 5.02 Å². The van der Waals surface area contributed by atoms with Crippen LogP contribution >= 0.6 is 11.6 Å². The number of halogens is 1. The molecule has 0 fully saturated rings. The SMILES string of the molecule is O=C(CN(c1cccc(Cl)c1)S(=O)(=O)c1ccccc1)N/N=C\c1ccccn1. The monoisotopic (exact) mass is 428 g/mol. The first-order valence-corrected chi connectivity index (χ1v) is 10.3. The Bertz CT molecular complexity index is 1110. The summed E-state index contributed by atoms with van der Waals surface area (Å²) >= 11 is 6.02. The number of amides is 1. The highest BCUT2D eigenvalue weighted by Gasteiger charge is 2.27. The highest BCUT2D eigenvalue weighted by molar-refractivity contribution is 7.92. The van der Waals surface area contributed by atoms with Crippen LogP contribution in [0.1, 0.15) is 5.69 Å². The van der Waals surface area contributed by atoms with Crippen molar-refractivity contribution in [2.45, 2.75) is 4.90 Å². The molecule has 0 atom stereocenters. The van der Waals surface area contributed by atoms with Gasteiger partial charge in [0.2, 0.25) is 0 Å². The number of hydrogen-bond acceptors (Lipinski definition) is 5. The van der Waals surface area contributed by atoms with E-state index in [9.17, 15) is 13.2 Å². The van der Waals surface area contributed by atoms with Gasteiger partial charge in [-0.25, -0.2) is 13.8 Å². The van der Waals surface area contributed by atoms with Gasteiger partial charge in [-0.2, -0.15) is 5.10 Å². The summed E-state index contributed by atoms with van der Waals surface area (Å²) in [5, 5.41) is 4.18. The Balaban J connectivity index is 1.84. The Morgan fingerprint density at radius 2 is 1.83 bits per heavy atom. The number of hydrogen-bond donors (Lipinski definition) is 1. The van der Waals surface area contributed by atoms with Crippen LogP contribution in [0.15, 0.2) is 89.0 Å². The quantitative estimate of drug-likeness (QED) is 0.462. The molecule has 0 aliphatic carbocycles. The number of anilines is 1. The van der Waals surface area contributed by atoms with E-state index in [1.54, 1.807) is 60.8 Å². The number of nitrogens with zero attached hydrogens (tertiary/aromatic N) is 3. The third kappa shape index (κ3) is 5.40. The molecule has 0 aliphatic heterocycles. The Labute approximate surface area is 173 Å². The minimum atomic E-state index is -3.99. The van der Waals surface area contributed by atoms with Crippen LogP contribution in [0.5, 0.6) is 0 Å². The summed E-state index contributed by atoms with van der Waals surface area (Å²) in [5.41, 5.74) is 3.14. The van der Waals surface area contributed by atoms with Crippen LogP contribution in [-0.4, -0.2) is 32.1 Å². The minimum Gasteiger partial charge on any atom is -0.271 e. The van der Waals surface area contributed by atoms with E-state index in [-0.39, 0.29) is 10.6 Å². The molecule has 29 heavy (non-hydrogen) atoms. The highest BCUT2D eigenvalue weighted by Crippen LogP contribution is 2.25. The average molecular weight is 429 g/mol. The molecule has 0 radical (unpaired) electrons. The highest BCUT2D eigenvalue weighted by atomic mass is 35.5. The van der Waals surface area contributed by atoms with Gasteiger partial charge in [0.25, 0.3) is 15.9 Å². The van der Waals surface area contributed by atoms with E-state index in [1.807, 2.05) is 0 Å². The second-order valence-electron chi connectivity index (χ2n) is 5.85. The Kier molecular flexibility index (Phi) is 6.58. The molecule has 3 aromatic rings. The molecule has 7 nitrogen and oxygen atoms in total. The van der Waals surface area contributed by atoms with Crippen molar-refractivity contribution in [1.82, 2.24) is 10.4 Å². The number of benzene rings is 2. The molecule has 3 rings (SSSR count). The lowest BCUT2D eigenvalue weighted by Gasteiger charge is -2.23. The van der Waals surface area contributed by atoms with Gasteiger partial charge >= 0.3 is 0 Å². The Morgan fingerprint density at radius 3 is 2.52 bits per heavy atom. The molecule has 1 N–H and O–H groups in total. The van der Waals surface area contributed by atoms with Gasteiger partial charge in [-0.05, 0) is 42.5 Å². The molecule has 1 heterocycles. The van der Waals surface area contributed by atoms with Gasteiger partial charge < -0.3 is 0 Å². The number of nitrogens with one attached hydrogen (secondary N) is 1. The zero-order valence-electron chi connectivity index (χ0n) is 15.1. The zero-order valence-corrected chi connectivity index (χ0v) is 16.7. The summed E-state index contributed by atoms with van der Waals surface area (Å²) in [6.07, 6.45) is 2.96. The molecular weight excluding hydrogens is 412 g/mol. The number of pyridine rings is 1. The van der Waals surface area contributed by atoms with E-state index in [4.69, 9.17) is 11.6 Å². The van der Waals surface area contributed by atoms with Crippen LogP contribution in [0.3, 0.4) is 0 Å². The second-order valence-corrected chi connectivity index (χ2v) is 8.15. The van der Waals surface area contributed by atoms with Gasteiger partial charge in [-0.15, -0.1) is 0 Å². The van der Waals surface area contributed by atoms with E-state index in [2.05, 4.69) is 15.5 Å². The molecule has 2 aromatic carbocycles. The van der Waals surface area contributed by atoms with Crippen molar-refractivity contribution in [2.24, 2.45) is 5.10 Å². The molecule has 1 amide bonds. The van der Waals surface area contributed by atoms with Crippen molar-refractivity contribution in [3.8, 4) is 0 Å². The first-order chi connectivity index (χ1) is 14.0. The normalized spacial score (nSPS) is 11.3. The summed E-state index contributed by atoms with van der Waals surface area (Å²) in [7, 11) is -3.99. The predicted molar refractivity (Wildman–Crippen MR) is 112 cm³/mol. The summed E-state index contributed by atoms with van der Waals surface area (Å²) in [5.74, 6) is -0.614. The Morgan fingerprint density at radius 1 is 1.07 bits per heavy atom. The lowest BCUT2D eigenvalue weighted by atomic mass is 10.3. The lowest BCUT2D eigenvalue weighted by molar-refractivity contribution is -0.119. The summed E-state index contributed by atoms with van der Waals surface area (Å²) in [4.78, 5) is 16.5. The minimum absolute atomic E-state index is 0.0600. The number of aromatic nitrogens is 1. The van der Waals surface area contributed by atoms with E-state index in [0.29, 0.717) is 10.7 Å². The largest absolute Gasteiger partial charge is 0.271 e. The van der Waals surface area contributed by atoms with Crippen LogP contribution in [0, 0.1) is 0 Å². The maximum absolute atomic E-state index is 13.1. The first kappa shape index (κ1) is 20.5. The summed E-state index contributed by atoms with van der Waals surface area (Å²) in [6.45, 7) is -0.475. The van der Waals surface area contributed by atoms with Gasteiger partial charge in [0.05, 0.1) is 22.5 Å². The molecule has 0 aliphatic rings. The van der Waals surface area contributed by atoms with E-state index >= 15 is 0 Å². The maximum atomic E-state index is 13.1. The van der Waals surface area contributed by atoms with E-state index in [0.717, 1.165) is 4.31 Å². The van der Waals surface area contributed by atoms with Crippen molar-refractivity contribution in [2.75, 3.05) is 10.8 Å². The Hall–Kier alpha value is -3.23. The third-order valence-electron chi connectivity index (χ3n) is 3.79. The fourth-order valence-electron chi connectivity index (χ4n) is 2.45. The molecule has 9 heteroatoms. The van der Waals surface area contributed by atoms with Crippen molar-refractivity contribution in [1.29, 1.82) is 0 Å². The fourth-order valence-corrected chi connectivity index (χ4v) is 4.07. The summed E-state index contributed by atoms with van der Waals surface area (Å²) in [6, 6.07) is 19.4. The smallest absolute Gasteiger partial charge is 0.264 e. The molecule has 0 saturated heterocycles. The van der Waals surface area contributed by atoms with Crippen LogP contribution < -0.4 is 9.73 Å². The number of sulfonamides is 1. The van der Waals surface area contributed by atoms with Gasteiger partial charge in [-0.3, -0.25) is 14.1 Å². The fraction of sp³-hybridized carbons (Fsp3) is 0.0500. The van der Waals surface area contributed by atoms with Gasteiger partial charge in [0.15, 0.2) is 0 Å². The topological polar surface area (TPSA) is 91.7 Å². The molecule has 1 aromatic heterocycles. The van der Waals surface area contributed by atoms with E-state index < -0.39 is 22.5 Å².